The Morgan fingerprint density at radius 1 is 0.438 bits per heavy atom. The highest BCUT2D eigenvalue weighted by Gasteiger charge is 2.25. The Morgan fingerprint density at radius 3 is 1.41 bits per heavy atom. The molecule has 73 heavy (non-hydrogen) atoms. The van der Waals surface area contributed by atoms with Gasteiger partial charge in [-0.3, -0.25) is 0 Å². The summed E-state index contributed by atoms with van der Waals surface area (Å²) in [5, 5.41) is 4.28. The maximum atomic E-state index is 6.26. The number of benzene rings is 9. The number of allylic oxidation sites excluding steroid dienone is 2. The number of hydrogen-bond acceptors (Lipinski definition) is 4. The maximum absolute atomic E-state index is 6.26. The molecule has 0 saturated heterocycles. The third kappa shape index (κ3) is 8.45. The second-order valence-electron chi connectivity index (χ2n) is 19.7. The second kappa shape index (κ2) is 18.5. The average Bonchev–Trinajstić information content (AvgIpc) is 3.94. The lowest BCUT2D eigenvalue weighted by atomic mass is 9.85. The van der Waals surface area contributed by atoms with E-state index in [1.54, 1.807) is 0 Å². The van der Waals surface area contributed by atoms with Crippen LogP contribution in [-0.2, 0) is 5.41 Å². The zero-order valence-corrected chi connectivity index (χ0v) is 41.3. The molecule has 0 radical (unpaired) electrons. The van der Waals surface area contributed by atoms with E-state index in [9.17, 15) is 0 Å². The Balaban J connectivity index is 1.16. The minimum atomic E-state index is -0.0342. The topological polar surface area (TPSA) is 56.7 Å². The molecule has 0 aliphatic heterocycles. The van der Waals surface area contributed by atoms with E-state index in [1.165, 1.54) is 38.6 Å². The zero-order chi connectivity index (χ0) is 49.6. The van der Waals surface area contributed by atoms with Gasteiger partial charge in [-0.25, -0.2) is 15.0 Å². The van der Waals surface area contributed by atoms with Gasteiger partial charge in [0.05, 0.1) is 16.7 Å². The lowest BCUT2D eigenvalue weighted by molar-refractivity contribution is 0.577. The molecule has 12 aromatic rings. The molecule has 0 aliphatic carbocycles. The first-order valence-corrected chi connectivity index (χ1v) is 24.9. The minimum absolute atomic E-state index is 0.0342. The van der Waals surface area contributed by atoms with Crippen LogP contribution in [0.1, 0.15) is 33.3 Å². The molecular formula is C68H52N4O. The fourth-order valence-corrected chi connectivity index (χ4v) is 10.1. The molecule has 3 aromatic heterocycles. The summed E-state index contributed by atoms with van der Waals surface area (Å²) in [5.74, 6) is 1.67. The largest absolute Gasteiger partial charge is 0.457 e. The number of nitrogens with zero attached hydrogens (tertiary/aromatic N) is 4. The summed E-state index contributed by atoms with van der Waals surface area (Å²) < 4.78 is 8.75. The summed E-state index contributed by atoms with van der Waals surface area (Å²) in [7, 11) is 0. The van der Waals surface area contributed by atoms with Gasteiger partial charge in [0.1, 0.15) is 11.0 Å². The highest BCUT2D eigenvalue weighted by molar-refractivity contribution is 6.13. The van der Waals surface area contributed by atoms with Crippen LogP contribution in [0.3, 0.4) is 0 Å². The summed E-state index contributed by atoms with van der Waals surface area (Å²) in [4.78, 5) is 15.8. The zero-order valence-electron chi connectivity index (χ0n) is 41.3. The predicted octanol–water partition coefficient (Wildman–Crippen LogP) is 16.4. The molecule has 0 bridgehead atoms. The Morgan fingerprint density at radius 2 is 0.890 bits per heavy atom. The molecule has 3 heterocycles. The van der Waals surface area contributed by atoms with Gasteiger partial charge in [0.25, 0.3) is 0 Å². The van der Waals surface area contributed by atoms with Crippen molar-refractivity contribution in [3.05, 3.63) is 241 Å². The van der Waals surface area contributed by atoms with E-state index in [2.05, 4.69) is 208 Å². The van der Waals surface area contributed by atoms with Gasteiger partial charge in [-0.1, -0.05) is 209 Å². The van der Waals surface area contributed by atoms with Crippen molar-refractivity contribution in [2.75, 3.05) is 0 Å². The number of aromatic nitrogens is 4. The molecular weight excluding hydrogens is 889 g/mol. The fraction of sp³-hybridized carbons (Fsp3) is 0.0735. The first kappa shape index (κ1) is 45.0. The molecule has 9 aromatic carbocycles. The van der Waals surface area contributed by atoms with Gasteiger partial charge in [0.2, 0.25) is 0 Å². The van der Waals surface area contributed by atoms with E-state index < -0.39 is 0 Å². The highest BCUT2D eigenvalue weighted by atomic mass is 16.3. The van der Waals surface area contributed by atoms with Crippen molar-refractivity contribution in [1.82, 2.24) is 19.5 Å². The van der Waals surface area contributed by atoms with Gasteiger partial charge in [-0.15, -0.1) is 0 Å². The van der Waals surface area contributed by atoms with Crippen LogP contribution in [0.15, 0.2) is 229 Å². The predicted molar refractivity (Wildman–Crippen MR) is 305 cm³/mol. The van der Waals surface area contributed by atoms with Gasteiger partial charge < -0.3 is 8.98 Å². The summed E-state index contributed by atoms with van der Waals surface area (Å²) in [6.07, 6.45) is 6.04. The lowest BCUT2D eigenvalue weighted by Crippen LogP contribution is -2.17. The SMILES string of the molecule is C=c1oc2cc(-c3nc(-c4ccccc4)nc(-c4cc(-c5ccccc5)c(-n5c6ccc(-c7ccccc7)cc6c6cc(-c7ccccc7)ccc65)c(-c5ccc(C(C)(C)C)cc5)c4)n3)ccc2/c1=C/C=C\C. The van der Waals surface area contributed by atoms with Crippen LogP contribution in [0.5, 0.6) is 0 Å². The smallest absolute Gasteiger partial charge is 0.164 e. The van der Waals surface area contributed by atoms with Crippen LogP contribution >= 0.6 is 0 Å². The molecule has 0 fully saturated rings. The molecule has 5 heteroatoms. The van der Waals surface area contributed by atoms with Crippen LogP contribution in [0.25, 0.3) is 130 Å². The molecule has 0 N–H and O–H groups in total. The standard InChI is InChI=1S/C68H52N4O/c1-6-7-28-55-44(2)73-63-43-52(31-36-56(55)63)66-69-65(49-26-18-11-19-27-49)70-67(71-66)53-41-57(47-24-16-10-17-25-47)64(58(42-53)48-29-34-54(35-30-48)68(3,4)5)72-61-37-32-50(45-20-12-8-13-21-45)39-59(61)60-40-51(33-38-62(60)72)46-22-14-9-15-23-46/h6-43H,2H2,1,3-5H3/b7-6-,55-28+. The molecule has 12 rings (SSSR count). The normalized spacial score (nSPS) is 12.2. The van der Waals surface area contributed by atoms with Gasteiger partial charge in [-0.2, -0.15) is 0 Å². The number of hydrogen-bond donors (Lipinski definition) is 0. The molecule has 0 aliphatic rings. The van der Waals surface area contributed by atoms with E-state index in [4.69, 9.17) is 19.4 Å². The monoisotopic (exact) mass is 940 g/mol. The summed E-state index contributed by atoms with van der Waals surface area (Å²) in [6, 6.07) is 75.8. The Kier molecular flexibility index (Phi) is 11.4. The maximum Gasteiger partial charge on any atom is 0.164 e. The van der Waals surface area contributed by atoms with Crippen molar-refractivity contribution in [1.29, 1.82) is 0 Å². The van der Waals surface area contributed by atoms with Crippen molar-refractivity contribution in [2.45, 2.75) is 33.1 Å². The van der Waals surface area contributed by atoms with Gasteiger partial charge >= 0.3 is 0 Å². The molecule has 5 nitrogen and oxygen atoms in total. The van der Waals surface area contributed by atoms with E-state index in [0.717, 1.165) is 71.9 Å². The Labute approximate surface area is 425 Å². The molecule has 0 unspecified atom stereocenters. The van der Waals surface area contributed by atoms with Gasteiger partial charge in [-0.05, 0) is 99.8 Å². The van der Waals surface area contributed by atoms with Crippen LogP contribution < -0.4 is 10.6 Å². The molecule has 0 spiro atoms. The van der Waals surface area contributed by atoms with E-state index in [1.807, 2.05) is 61.5 Å². The molecule has 350 valence electrons. The average molecular weight is 941 g/mol. The van der Waals surface area contributed by atoms with Crippen molar-refractivity contribution in [2.24, 2.45) is 0 Å². The minimum Gasteiger partial charge on any atom is -0.457 e. The number of furan rings is 1. The van der Waals surface area contributed by atoms with Crippen LogP contribution in [0.2, 0.25) is 0 Å². The Hall–Kier alpha value is -9.19. The van der Waals surface area contributed by atoms with Crippen molar-refractivity contribution in [3.8, 4) is 84.4 Å². The molecule has 0 amide bonds. The van der Waals surface area contributed by atoms with E-state index in [0.29, 0.717) is 22.9 Å². The van der Waals surface area contributed by atoms with Gasteiger partial charge in [0, 0.05) is 49.2 Å². The van der Waals surface area contributed by atoms with Crippen LogP contribution in [0, 0.1) is 0 Å². The molecule has 0 saturated carbocycles. The quantitative estimate of drug-likeness (QED) is 0.145. The van der Waals surface area contributed by atoms with Crippen molar-refractivity contribution in [3.63, 3.8) is 0 Å². The van der Waals surface area contributed by atoms with Crippen LogP contribution in [-0.4, -0.2) is 19.5 Å². The highest BCUT2D eigenvalue weighted by Crippen LogP contribution is 2.45. The molecule has 0 atom stereocenters. The summed E-state index contributed by atoms with van der Waals surface area (Å²) >= 11 is 0. The Bertz CT molecular complexity index is 4070. The summed E-state index contributed by atoms with van der Waals surface area (Å²) in [5.41, 5.74) is 17.3. The van der Waals surface area contributed by atoms with Gasteiger partial charge in [0.15, 0.2) is 17.5 Å². The summed E-state index contributed by atoms with van der Waals surface area (Å²) in [6.45, 7) is 13.0. The van der Waals surface area contributed by atoms with Crippen LogP contribution in [0.4, 0.5) is 0 Å². The van der Waals surface area contributed by atoms with Crippen molar-refractivity contribution < 1.29 is 4.42 Å². The third-order valence-corrected chi connectivity index (χ3v) is 13.9. The van der Waals surface area contributed by atoms with E-state index >= 15 is 0 Å². The number of rotatable bonds is 9. The third-order valence-electron chi connectivity index (χ3n) is 13.9. The lowest BCUT2D eigenvalue weighted by Gasteiger charge is -2.22. The van der Waals surface area contributed by atoms with E-state index in [-0.39, 0.29) is 5.41 Å². The first-order chi connectivity index (χ1) is 35.7. The second-order valence-corrected chi connectivity index (χ2v) is 19.7. The first-order valence-electron chi connectivity index (χ1n) is 24.9. The van der Waals surface area contributed by atoms with Crippen molar-refractivity contribution >= 4 is 45.4 Å². The number of fused-ring (bicyclic) bond motifs is 4. The fourth-order valence-electron chi connectivity index (χ4n) is 10.1.